The SMILES string of the molecule is CCCCCCNC(=NC)NCC1(c2ccc3c(c2)OCO3)CCOCC1. The first-order chi connectivity index (χ1) is 13.3. The zero-order valence-corrected chi connectivity index (χ0v) is 16.7. The number of benzene rings is 1. The number of nitrogens with one attached hydrogen (secondary N) is 2. The van der Waals surface area contributed by atoms with Gasteiger partial charge in [-0.05, 0) is 37.0 Å². The molecule has 1 aromatic carbocycles. The van der Waals surface area contributed by atoms with E-state index in [1.54, 1.807) is 0 Å². The van der Waals surface area contributed by atoms with Gasteiger partial charge in [0.25, 0.3) is 0 Å². The van der Waals surface area contributed by atoms with E-state index in [2.05, 4.69) is 34.7 Å². The summed E-state index contributed by atoms with van der Waals surface area (Å²) in [6.45, 7) is 5.88. The number of fused-ring (bicyclic) bond motifs is 1. The molecule has 27 heavy (non-hydrogen) atoms. The topological polar surface area (TPSA) is 64.1 Å². The first kappa shape index (κ1) is 19.8. The van der Waals surface area contributed by atoms with Crippen LogP contribution >= 0.6 is 0 Å². The van der Waals surface area contributed by atoms with Crippen LogP contribution in [-0.4, -0.2) is 46.1 Å². The number of nitrogens with zero attached hydrogens (tertiary/aromatic N) is 1. The van der Waals surface area contributed by atoms with Gasteiger partial charge in [-0.15, -0.1) is 0 Å². The van der Waals surface area contributed by atoms with Crippen LogP contribution in [-0.2, 0) is 10.2 Å². The molecule has 2 heterocycles. The normalized spacial score (nSPS) is 18.4. The van der Waals surface area contributed by atoms with Gasteiger partial charge in [-0.2, -0.15) is 0 Å². The molecule has 6 heteroatoms. The molecule has 0 spiro atoms. The van der Waals surface area contributed by atoms with Crippen molar-refractivity contribution in [3.63, 3.8) is 0 Å². The Balaban J connectivity index is 1.62. The summed E-state index contributed by atoms with van der Waals surface area (Å²) in [5, 5.41) is 6.99. The number of ether oxygens (including phenoxy) is 3. The molecule has 150 valence electrons. The Morgan fingerprint density at radius 1 is 1.07 bits per heavy atom. The Hall–Kier alpha value is -1.95. The van der Waals surface area contributed by atoms with Crippen molar-refractivity contribution in [3.05, 3.63) is 23.8 Å². The van der Waals surface area contributed by atoms with Gasteiger partial charge in [0.15, 0.2) is 17.5 Å². The van der Waals surface area contributed by atoms with Crippen molar-refractivity contribution in [2.24, 2.45) is 4.99 Å². The minimum absolute atomic E-state index is 0.0130. The monoisotopic (exact) mass is 375 g/mol. The van der Waals surface area contributed by atoms with Gasteiger partial charge >= 0.3 is 0 Å². The maximum atomic E-state index is 5.64. The average molecular weight is 376 g/mol. The third kappa shape index (κ3) is 5.06. The fraction of sp³-hybridized carbons (Fsp3) is 0.667. The van der Waals surface area contributed by atoms with Crippen LogP contribution in [0.3, 0.4) is 0 Å². The van der Waals surface area contributed by atoms with Crippen LogP contribution in [0.25, 0.3) is 0 Å². The molecule has 0 aliphatic carbocycles. The van der Waals surface area contributed by atoms with Crippen molar-refractivity contribution in [3.8, 4) is 11.5 Å². The van der Waals surface area contributed by atoms with Crippen LogP contribution in [0.2, 0.25) is 0 Å². The Morgan fingerprint density at radius 3 is 2.67 bits per heavy atom. The molecule has 0 amide bonds. The largest absolute Gasteiger partial charge is 0.454 e. The van der Waals surface area contributed by atoms with E-state index in [-0.39, 0.29) is 5.41 Å². The standard InChI is InChI=1S/C21H33N3O3/c1-3-4-5-6-11-23-20(22-2)24-15-21(9-12-25-13-10-21)17-7-8-18-19(14-17)27-16-26-18/h7-8,14H,3-6,9-13,15-16H2,1-2H3,(H2,22,23,24). The highest BCUT2D eigenvalue weighted by Gasteiger charge is 2.35. The van der Waals surface area contributed by atoms with E-state index in [0.29, 0.717) is 6.79 Å². The molecular weight excluding hydrogens is 342 g/mol. The van der Waals surface area contributed by atoms with Crippen molar-refractivity contribution in [2.45, 2.75) is 50.9 Å². The smallest absolute Gasteiger partial charge is 0.231 e. The average Bonchev–Trinajstić information content (AvgIpc) is 3.18. The van der Waals surface area contributed by atoms with Crippen molar-refractivity contribution in [1.29, 1.82) is 0 Å². The zero-order valence-electron chi connectivity index (χ0n) is 16.7. The summed E-state index contributed by atoms with van der Waals surface area (Å²) in [7, 11) is 1.83. The van der Waals surface area contributed by atoms with Gasteiger partial charge in [-0.1, -0.05) is 32.3 Å². The summed E-state index contributed by atoms with van der Waals surface area (Å²) in [4.78, 5) is 4.39. The molecule has 0 bridgehead atoms. The zero-order chi connectivity index (χ0) is 19.0. The molecule has 2 N–H and O–H groups in total. The first-order valence-corrected chi connectivity index (χ1v) is 10.2. The van der Waals surface area contributed by atoms with E-state index >= 15 is 0 Å². The van der Waals surface area contributed by atoms with Crippen LogP contribution in [0.15, 0.2) is 23.2 Å². The molecule has 1 fully saturated rings. The second kappa shape index (κ2) is 9.83. The third-order valence-electron chi connectivity index (χ3n) is 5.58. The van der Waals surface area contributed by atoms with Gasteiger partial charge in [0.2, 0.25) is 6.79 Å². The van der Waals surface area contributed by atoms with Gasteiger partial charge < -0.3 is 24.8 Å². The summed E-state index contributed by atoms with van der Waals surface area (Å²) in [5.74, 6) is 2.55. The second-order valence-corrected chi connectivity index (χ2v) is 7.37. The maximum Gasteiger partial charge on any atom is 0.231 e. The van der Waals surface area contributed by atoms with E-state index in [9.17, 15) is 0 Å². The van der Waals surface area contributed by atoms with Gasteiger partial charge in [-0.3, -0.25) is 4.99 Å². The lowest BCUT2D eigenvalue weighted by Crippen LogP contribution is -2.48. The highest BCUT2D eigenvalue weighted by atomic mass is 16.7. The number of unbranched alkanes of at least 4 members (excludes halogenated alkanes) is 3. The summed E-state index contributed by atoms with van der Waals surface area (Å²) < 4.78 is 16.7. The Labute approximate surface area is 162 Å². The third-order valence-corrected chi connectivity index (χ3v) is 5.58. The summed E-state index contributed by atoms with van der Waals surface area (Å²) >= 11 is 0. The molecule has 1 saturated heterocycles. The highest BCUT2D eigenvalue weighted by Crippen LogP contribution is 2.40. The van der Waals surface area contributed by atoms with Gasteiger partial charge in [0.05, 0.1) is 0 Å². The van der Waals surface area contributed by atoms with E-state index in [1.807, 2.05) is 13.1 Å². The van der Waals surface area contributed by atoms with Gasteiger partial charge in [0.1, 0.15) is 0 Å². The second-order valence-electron chi connectivity index (χ2n) is 7.37. The summed E-state index contributed by atoms with van der Waals surface area (Å²) in [6, 6.07) is 6.33. The molecule has 0 atom stereocenters. The summed E-state index contributed by atoms with van der Waals surface area (Å²) in [6.07, 6.45) is 6.95. The lowest BCUT2D eigenvalue weighted by Gasteiger charge is -2.38. The molecule has 6 nitrogen and oxygen atoms in total. The number of aliphatic imine (C=N–C) groups is 1. The van der Waals surface area contributed by atoms with E-state index in [0.717, 1.165) is 56.6 Å². The number of hydrogen-bond acceptors (Lipinski definition) is 4. The van der Waals surface area contributed by atoms with Gasteiger partial charge in [0, 0.05) is 38.8 Å². The lowest BCUT2D eigenvalue weighted by atomic mass is 9.74. The minimum Gasteiger partial charge on any atom is -0.454 e. The maximum absolute atomic E-state index is 5.64. The lowest BCUT2D eigenvalue weighted by molar-refractivity contribution is 0.0513. The van der Waals surface area contributed by atoms with Crippen molar-refractivity contribution in [2.75, 3.05) is 40.1 Å². The number of guanidine groups is 1. The molecule has 0 radical (unpaired) electrons. The van der Waals surface area contributed by atoms with Crippen LogP contribution in [0, 0.1) is 0 Å². The fourth-order valence-electron chi connectivity index (χ4n) is 3.79. The molecule has 0 aromatic heterocycles. The Kier molecular flexibility index (Phi) is 7.21. The number of hydrogen-bond donors (Lipinski definition) is 2. The Bertz CT molecular complexity index is 627. The quantitative estimate of drug-likeness (QED) is 0.415. The molecular formula is C21H33N3O3. The molecule has 2 aliphatic heterocycles. The van der Waals surface area contributed by atoms with E-state index in [4.69, 9.17) is 14.2 Å². The summed E-state index contributed by atoms with van der Waals surface area (Å²) in [5.41, 5.74) is 1.29. The van der Waals surface area contributed by atoms with Gasteiger partial charge in [-0.25, -0.2) is 0 Å². The van der Waals surface area contributed by atoms with E-state index < -0.39 is 0 Å². The Morgan fingerprint density at radius 2 is 1.89 bits per heavy atom. The predicted octanol–water partition coefficient (Wildman–Crippen LogP) is 3.21. The van der Waals surface area contributed by atoms with Crippen LogP contribution in [0.1, 0.15) is 51.0 Å². The number of rotatable bonds is 8. The fourth-order valence-corrected chi connectivity index (χ4v) is 3.79. The highest BCUT2D eigenvalue weighted by molar-refractivity contribution is 5.79. The van der Waals surface area contributed by atoms with Crippen molar-refractivity contribution >= 4 is 5.96 Å². The van der Waals surface area contributed by atoms with Crippen LogP contribution < -0.4 is 20.1 Å². The minimum atomic E-state index is 0.0130. The van der Waals surface area contributed by atoms with Crippen LogP contribution in [0.5, 0.6) is 11.5 Å². The van der Waals surface area contributed by atoms with Crippen molar-refractivity contribution < 1.29 is 14.2 Å². The predicted molar refractivity (Wildman–Crippen MR) is 108 cm³/mol. The molecule has 3 rings (SSSR count). The first-order valence-electron chi connectivity index (χ1n) is 10.2. The van der Waals surface area contributed by atoms with Crippen LogP contribution in [0.4, 0.5) is 0 Å². The molecule has 0 unspecified atom stereocenters. The van der Waals surface area contributed by atoms with Crippen molar-refractivity contribution in [1.82, 2.24) is 10.6 Å². The molecule has 1 aromatic rings. The molecule has 2 aliphatic rings. The molecule has 0 saturated carbocycles. The van der Waals surface area contributed by atoms with E-state index in [1.165, 1.54) is 31.2 Å².